The highest BCUT2D eigenvalue weighted by molar-refractivity contribution is 6.41. The van der Waals surface area contributed by atoms with E-state index < -0.39 is 17.6 Å². The van der Waals surface area contributed by atoms with Gasteiger partial charge in [0.2, 0.25) is 0 Å². The van der Waals surface area contributed by atoms with Crippen molar-refractivity contribution in [3.8, 4) is 0 Å². The van der Waals surface area contributed by atoms with Crippen LogP contribution in [0.4, 0.5) is 4.39 Å². The van der Waals surface area contributed by atoms with E-state index in [1.54, 1.807) is 0 Å². The second-order valence-corrected chi connectivity index (χ2v) is 3.12. The number of carbonyl (C=O) groups is 2. The molecule has 0 saturated carbocycles. The van der Waals surface area contributed by atoms with Crippen molar-refractivity contribution in [1.29, 1.82) is 0 Å². The van der Waals surface area contributed by atoms with Crippen LogP contribution >= 0.6 is 11.6 Å². The molecule has 0 unspecified atom stereocenters. The third-order valence-electron chi connectivity index (χ3n) is 1.71. The summed E-state index contributed by atoms with van der Waals surface area (Å²) in [7, 11) is 0. The molecule has 1 aromatic rings. The van der Waals surface area contributed by atoms with Gasteiger partial charge in [0.25, 0.3) is 5.78 Å². The molecule has 1 N–H and O–H groups in total. The predicted molar refractivity (Wildman–Crippen MR) is 48.1 cm³/mol. The van der Waals surface area contributed by atoms with Gasteiger partial charge in [0.05, 0.1) is 5.02 Å². The second kappa shape index (κ2) is 3.75. The number of ketones is 1. The number of rotatable bonds is 2. The molecule has 0 aliphatic carbocycles. The molecule has 0 fully saturated rings. The van der Waals surface area contributed by atoms with Gasteiger partial charge in [0, 0.05) is 5.56 Å². The van der Waals surface area contributed by atoms with E-state index in [1.165, 1.54) is 6.92 Å². The standard InChI is InChI=1S/C9H6ClFO3/c1-4-2-7(11)6(10)3-5(4)8(12)9(13)14/h2-3H,1H3,(H,13,14). The van der Waals surface area contributed by atoms with Gasteiger partial charge in [-0.1, -0.05) is 11.6 Å². The topological polar surface area (TPSA) is 54.4 Å². The van der Waals surface area contributed by atoms with Crippen LogP contribution in [0.5, 0.6) is 0 Å². The van der Waals surface area contributed by atoms with Crippen LogP contribution in [0.3, 0.4) is 0 Å². The highest BCUT2D eigenvalue weighted by Crippen LogP contribution is 2.20. The quantitative estimate of drug-likeness (QED) is 0.608. The molecule has 1 aromatic carbocycles. The second-order valence-electron chi connectivity index (χ2n) is 2.72. The summed E-state index contributed by atoms with van der Waals surface area (Å²) in [4.78, 5) is 21.4. The number of carbonyl (C=O) groups excluding carboxylic acids is 1. The lowest BCUT2D eigenvalue weighted by atomic mass is 10.0. The summed E-state index contributed by atoms with van der Waals surface area (Å²) in [5.74, 6) is -3.36. The normalized spacial score (nSPS) is 9.93. The number of aryl methyl sites for hydroxylation is 1. The van der Waals surface area contributed by atoms with E-state index in [0.29, 0.717) is 0 Å². The number of hydrogen-bond donors (Lipinski definition) is 1. The van der Waals surface area contributed by atoms with Crippen molar-refractivity contribution >= 4 is 23.4 Å². The fraction of sp³-hybridized carbons (Fsp3) is 0.111. The summed E-state index contributed by atoms with van der Waals surface area (Å²) in [5.41, 5.74) is 0.156. The molecular weight excluding hydrogens is 211 g/mol. The largest absolute Gasteiger partial charge is 0.475 e. The monoisotopic (exact) mass is 216 g/mol. The van der Waals surface area contributed by atoms with Crippen LogP contribution in [0.2, 0.25) is 5.02 Å². The maximum atomic E-state index is 12.8. The van der Waals surface area contributed by atoms with Crippen molar-refractivity contribution in [3.05, 3.63) is 34.1 Å². The summed E-state index contributed by atoms with van der Waals surface area (Å²) < 4.78 is 12.8. The molecule has 74 valence electrons. The summed E-state index contributed by atoms with van der Waals surface area (Å²) in [5, 5.41) is 8.17. The molecule has 0 amide bonds. The molecule has 0 saturated heterocycles. The molecule has 0 heterocycles. The molecule has 0 aliphatic heterocycles. The Hall–Kier alpha value is -1.42. The fourth-order valence-corrected chi connectivity index (χ4v) is 1.17. The Bertz CT molecular complexity index is 415. The number of aliphatic carboxylic acids is 1. The van der Waals surface area contributed by atoms with Gasteiger partial charge in [-0.2, -0.15) is 0 Å². The van der Waals surface area contributed by atoms with Crippen LogP contribution in [-0.2, 0) is 4.79 Å². The number of carboxylic acids is 1. The van der Waals surface area contributed by atoms with Crippen molar-refractivity contribution in [1.82, 2.24) is 0 Å². The summed E-state index contributed by atoms with van der Waals surface area (Å²) in [6.07, 6.45) is 0. The average molecular weight is 217 g/mol. The smallest absolute Gasteiger partial charge is 0.377 e. The molecule has 5 heteroatoms. The molecule has 0 bridgehead atoms. The van der Waals surface area contributed by atoms with Gasteiger partial charge >= 0.3 is 5.97 Å². The van der Waals surface area contributed by atoms with Crippen molar-refractivity contribution in [2.75, 3.05) is 0 Å². The zero-order valence-electron chi connectivity index (χ0n) is 7.17. The first-order valence-electron chi connectivity index (χ1n) is 3.66. The van der Waals surface area contributed by atoms with Gasteiger partial charge in [-0.15, -0.1) is 0 Å². The Kier molecular flexibility index (Phi) is 2.86. The molecule has 3 nitrogen and oxygen atoms in total. The minimum Gasteiger partial charge on any atom is -0.475 e. The first-order chi connectivity index (χ1) is 6.43. The summed E-state index contributed by atoms with van der Waals surface area (Å²) >= 11 is 5.41. The third kappa shape index (κ3) is 1.90. The van der Waals surface area contributed by atoms with Gasteiger partial charge in [-0.05, 0) is 24.6 Å². The van der Waals surface area contributed by atoms with Crippen molar-refractivity contribution in [2.24, 2.45) is 0 Å². The lowest BCUT2D eigenvalue weighted by molar-refractivity contribution is -0.131. The van der Waals surface area contributed by atoms with Crippen LogP contribution in [0.25, 0.3) is 0 Å². The first-order valence-corrected chi connectivity index (χ1v) is 4.04. The molecule has 0 spiro atoms. The summed E-state index contributed by atoms with van der Waals surface area (Å²) in [6.45, 7) is 1.44. The predicted octanol–water partition coefficient (Wildman–Crippen LogP) is 2.05. The minimum absolute atomic E-state index is 0.0936. The average Bonchev–Trinajstić information content (AvgIpc) is 2.10. The first kappa shape index (κ1) is 10.7. The number of carboxylic acid groups (broad SMARTS) is 1. The van der Waals surface area contributed by atoms with E-state index in [1.807, 2.05) is 0 Å². The Balaban J connectivity index is 3.29. The number of Topliss-reactive ketones (excluding diaryl/α,β-unsaturated/α-hetero) is 1. The van der Waals surface area contributed by atoms with E-state index >= 15 is 0 Å². The Morgan fingerprint density at radius 2 is 2.00 bits per heavy atom. The van der Waals surface area contributed by atoms with Crippen molar-refractivity contribution in [2.45, 2.75) is 6.92 Å². The summed E-state index contributed by atoms with van der Waals surface area (Å²) in [6, 6.07) is 2.04. The van der Waals surface area contributed by atoms with E-state index in [0.717, 1.165) is 12.1 Å². The maximum Gasteiger partial charge on any atom is 0.377 e. The van der Waals surface area contributed by atoms with E-state index in [2.05, 4.69) is 0 Å². The number of benzene rings is 1. The lowest BCUT2D eigenvalue weighted by Gasteiger charge is -2.02. The SMILES string of the molecule is Cc1cc(F)c(Cl)cc1C(=O)C(=O)O. The highest BCUT2D eigenvalue weighted by atomic mass is 35.5. The fourth-order valence-electron chi connectivity index (χ4n) is 1.01. The minimum atomic E-state index is -1.59. The van der Waals surface area contributed by atoms with E-state index in [4.69, 9.17) is 16.7 Å². The molecule has 14 heavy (non-hydrogen) atoms. The Morgan fingerprint density at radius 3 is 2.50 bits per heavy atom. The Labute approximate surface area is 84.1 Å². The van der Waals surface area contributed by atoms with E-state index in [9.17, 15) is 14.0 Å². The van der Waals surface area contributed by atoms with Gasteiger partial charge < -0.3 is 5.11 Å². The van der Waals surface area contributed by atoms with E-state index in [-0.39, 0.29) is 16.1 Å². The molecule has 0 aromatic heterocycles. The van der Waals surface area contributed by atoms with Crippen molar-refractivity contribution < 1.29 is 19.1 Å². The van der Waals surface area contributed by atoms with Crippen LogP contribution in [-0.4, -0.2) is 16.9 Å². The third-order valence-corrected chi connectivity index (χ3v) is 2.00. The molecule has 0 radical (unpaired) electrons. The maximum absolute atomic E-state index is 12.8. The van der Waals surface area contributed by atoms with Gasteiger partial charge in [-0.3, -0.25) is 4.79 Å². The van der Waals surface area contributed by atoms with Gasteiger partial charge in [0.15, 0.2) is 0 Å². The van der Waals surface area contributed by atoms with Crippen LogP contribution < -0.4 is 0 Å². The number of hydrogen-bond acceptors (Lipinski definition) is 2. The number of halogens is 2. The molecule has 0 atom stereocenters. The van der Waals surface area contributed by atoms with Crippen LogP contribution in [0.1, 0.15) is 15.9 Å². The molecule has 0 aliphatic rings. The zero-order valence-corrected chi connectivity index (χ0v) is 7.93. The molecular formula is C9H6ClFO3. The van der Waals surface area contributed by atoms with Gasteiger partial charge in [0.1, 0.15) is 5.82 Å². The van der Waals surface area contributed by atoms with Crippen LogP contribution in [0, 0.1) is 12.7 Å². The van der Waals surface area contributed by atoms with Crippen LogP contribution in [0.15, 0.2) is 12.1 Å². The zero-order chi connectivity index (χ0) is 10.9. The Morgan fingerprint density at radius 1 is 1.43 bits per heavy atom. The molecule has 1 rings (SSSR count). The van der Waals surface area contributed by atoms with Gasteiger partial charge in [-0.25, -0.2) is 9.18 Å². The lowest BCUT2D eigenvalue weighted by Crippen LogP contribution is -2.14. The highest BCUT2D eigenvalue weighted by Gasteiger charge is 2.18. The van der Waals surface area contributed by atoms with Crippen molar-refractivity contribution in [3.63, 3.8) is 0 Å².